The van der Waals surface area contributed by atoms with Crippen molar-refractivity contribution in [1.82, 2.24) is 5.01 Å². The molecule has 1 aliphatic heterocycles. The minimum Gasteiger partial charge on any atom is -0.493 e. The summed E-state index contributed by atoms with van der Waals surface area (Å²) in [4.78, 5) is 25.9. The first-order valence-corrected chi connectivity index (χ1v) is 12.0. The number of benzene rings is 2. The molecule has 170 valence electrons. The Balaban J connectivity index is 1.34. The summed E-state index contributed by atoms with van der Waals surface area (Å²) < 4.78 is 12.1. The molecule has 2 bridgehead atoms. The van der Waals surface area contributed by atoms with Crippen molar-refractivity contribution in [2.24, 2.45) is 28.8 Å². The first kappa shape index (κ1) is 22.2. The molecule has 2 aromatic carbocycles. The van der Waals surface area contributed by atoms with E-state index >= 15 is 0 Å². The molecule has 4 atom stereocenters. The number of carbonyl (C=O) groups is 2. The third-order valence-corrected chi connectivity index (χ3v) is 7.45. The highest BCUT2D eigenvalue weighted by Crippen LogP contribution is 2.49. The third kappa shape index (κ3) is 4.08. The lowest BCUT2D eigenvalue weighted by Crippen LogP contribution is -2.38. The number of allylic oxidation sites excluding steroid dienone is 2. The van der Waals surface area contributed by atoms with Crippen LogP contribution in [0, 0.1) is 23.7 Å². The highest BCUT2D eigenvalue weighted by atomic mass is 79.9. The van der Waals surface area contributed by atoms with Crippen molar-refractivity contribution in [3.63, 3.8) is 0 Å². The van der Waals surface area contributed by atoms with Gasteiger partial charge in [0.1, 0.15) is 6.61 Å². The lowest BCUT2D eigenvalue weighted by Gasteiger charge is -2.37. The second-order valence-electron chi connectivity index (χ2n) is 8.52. The van der Waals surface area contributed by atoms with Gasteiger partial charge in [-0.3, -0.25) is 9.59 Å². The predicted octanol–water partition coefficient (Wildman–Crippen LogP) is 5.22. The van der Waals surface area contributed by atoms with Crippen molar-refractivity contribution in [2.75, 3.05) is 7.11 Å². The molecule has 8 heteroatoms. The Morgan fingerprint density at radius 1 is 1.09 bits per heavy atom. The fourth-order valence-electron chi connectivity index (χ4n) is 4.99. The molecule has 6 nitrogen and oxygen atoms in total. The number of fused-ring (bicyclic) bond motifs is 1. The van der Waals surface area contributed by atoms with Crippen molar-refractivity contribution in [2.45, 2.75) is 19.4 Å². The molecule has 1 saturated carbocycles. The van der Waals surface area contributed by atoms with Gasteiger partial charge in [-0.15, -0.1) is 0 Å². The number of amides is 2. The van der Waals surface area contributed by atoms with Gasteiger partial charge >= 0.3 is 0 Å². The fourth-order valence-corrected chi connectivity index (χ4v) is 5.69. The van der Waals surface area contributed by atoms with E-state index in [1.54, 1.807) is 13.2 Å². The second-order valence-corrected chi connectivity index (χ2v) is 9.81. The molecule has 3 aliphatic carbocycles. The molecule has 2 amide bonds. The molecule has 0 spiro atoms. The molecule has 33 heavy (non-hydrogen) atoms. The minimum atomic E-state index is -0.275. The maximum absolute atomic E-state index is 12.9. The van der Waals surface area contributed by atoms with Gasteiger partial charge in [0.05, 0.1) is 29.6 Å². The number of carbonyl (C=O) groups excluding carboxylic acids is 2. The number of halogens is 2. The summed E-state index contributed by atoms with van der Waals surface area (Å²) in [6.07, 6.45) is 7.62. The van der Waals surface area contributed by atoms with Crippen LogP contribution in [-0.2, 0) is 16.2 Å². The van der Waals surface area contributed by atoms with E-state index in [9.17, 15) is 9.59 Å². The van der Waals surface area contributed by atoms with Crippen molar-refractivity contribution in [3.8, 4) is 11.5 Å². The fraction of sp³-hybridized carbons (Fsp3) is 0.320. The van der Waals surface area contributed by atoms with Gasteiger partial charge in [-0.25, -0.2) is 0 Å². The van der Waals surface area contributed by atoms with E-state index in [2.05, 4.69) is 33.2 Å². The molecule has 2 fully saturated rings. The number of hydrogen-bond acceptors (Lipinski definition) is 5. The van der Waals surface area contributed by atoms with Crippen LogP contribution in [-0.4, -0.2) is 30.1 Å². The van der Waals surface area contributed by atoms with E-state index in [0.717, 1.165) is 23.4 Å². The Kier molecular flexibility index (Phi) is 6.01. The number of ether oxygens (including phenoxy) is 2. The summed E-state index contributed by atoms with van der Waals surface area (Å²) in [5.74, 6) is 0.391. The molecule has 0 radical (unpaired) electrons. The quantitative estimate of drug-likeness (QED) is 0.292. The van der Waals surface area contributed by atoms with Crippen LogP contribution < -0.4 is 9.47 Å². The van der Waals surface area contributed by atoms with Crippen LogP contribution in [0.3, 0.4) is 0 Å². The Labute approximate surface area is 205 Å². The summed E-state index contributed by atoms with van der Waals surface area (Å²) in [6, 6.07) is 11.0. The normalized spacial score (nSPS) is 25.7. The van der Waals surface area contributed by atoms with Crippen LogP contribution in [0.2, 0.25) is 5.02 Å². The van der Waals surface area contributed by atoms with Gasteiger partial charge < -0.3 is 9.47 Å². The van der Waals surface area contributed by atoms with Gasteiger partial charge in [-0.05, 0) is 76.0 Å². The van der Waals surface area contributed by atoms with E-state index < -0.39 is 0 Å². The summed E-state index contributed by atoms with van der Waals surface area (Å²) in [5, 5.41) is 6.00. The predicted molar refractivity (Wildman–Crippen MR) is 128 cm³/mol. The SMILES string of the molecule is COc1cc(/C=N\N2C(=O)[C@H]3[C@H](C2=O)[C@H]2C=C[C@H]3CC2)cc(Br)c1OCc1ccc(Cl)cc1. The van der Waals surface area contributed by atoms with Gasteiger partial charge in [0.25, 0.3) is 11.8 Å². The van der Waals surface area contributed by atoms with Crippen molar-refractivity contribution in [1.29, 1.82) is 0 Å². The van der Waals surface area contributed by atoms with Crippen molar-refractivity contribution >= 4 is 45.6 Å². The monoisotopic (exact) mass is 528 g/mol. The Bertz CT molecular complexity index is 1130. The Morgan fingerprint density at radius 3 is 2.30 bits per heavy atom. The van der Waals surface area contributed by atoms with E-state index in [0.29, 0.717) is 33.2 Å². The summed E-state index contributed by atoms with van der Waals surface area (Å²) in [6.45, 7) is 0.343. The smallest absolute Gasteiger partial charge is 0.254 e. The molecule has 1 heterocycles. The van der Waals surface area contributed by atoms with Gasteiger partial charge in [0.15, 0.2) is 11.5 Å². The van der Waals surface area contributed by atoms with Crippen LogP contribution in [0.1, 0.15) is 24.0 Å². The number of nitrogens with zero attached hydrogens (tertiary/aromatic N) is 2. The van der Waals surface area contributed by atoms with Crippen LogP contribution >= 0.6 is 27.5 Å². The zero-order valence-corrected chi connectivity index (χ0v) is 20.3. The van der Waals surface area contributed by atoms with E-state index in [4.69, 9.17) is 21.1 Å². The maximum Gasteiger partial charge on any atom is 0.254 e. The highest BCUT2D eigenvalue weighted by molar-refractivity contribution is 9.10. The molecule has 2 aromatic rings. The van der Waals surface area contributed by atoms with Crippen LogP contribution in [0.15, 0.2) is 58.1 Å². The lowest BCUT2D eigenvalue weighted by atomic mass is 9.63. The number of rotatable bonds is 6. The Hall–Kier alpha value is -2.64. The van der Waals surface area contributed by atoms with E-state index in [1.807, 2.05) is 30.3 Å². The number of hydrogen-bond donors (Lipinski definition) is 0. The van der Waals surface area contributed by atoms with Crippen LogP contribution in [0.4, 0.5) is 0 Å². The summed E-state index contributed by atoms with van der Waals surface area (Å²) in [5.41, 5.74) is 1.64. The molecular weight excluding hydrogens is 508 g/mol. The molecule has 0 unspecified atom stereocenters. The van der Waals surface area contributed by atoms with Gasteiger partial charge in [-0.2, -0.15) is 10.1 Å². The molecule has 1 saturated heterocycles. The van der Waals surface area contributed by atoms with Gasteiger partial charge in [0.2, 0.25) is 0 Å². The molecule has 4 aliphatic rings. The standard InChI is InChI=1S/C25H22BrClN2O4/c1-32-20-11-15(10-19(26)23(20)33-13-14-2-8-18(27)9-3-14)12-28-29-24(30)21-16-4-5-17(7-6-16)22(21)25(29)31/h2-5,8-12,16-17,21-22H,6-7,13H2,1H3/b28-12-/t16-,17-,21+,22+/m0/s1. The van der Waals surface area contributed by atoms with Crippen molar-refractivity contribution < 1.29 is 19.1 Å². The number of methoxy groups -OCH3 is 1. The number of imide groups is 1. The zero-order valence-electron chi connectivity index (χ0n) is 17.9. The Morgan fingerprint density at radius 2 is 1.73 bits per heavy atom. The van der Waals surface area contributed by atoms with Gasteiger partial charge in [0, 0.05) is 5.02 Å². The second kappa shape index (κ2) is 8.95. The summed E-state index contributed by atoms with van der Waals surface area (Å²) >= 11 is 9.47. The van der Waals surface area contributed by atoms with Crippen LogP contribution in [0.5, 0.6) is 11.5 Å². The molecule has 0 N–H and O–H groups in total. The first-order valence-electron chi connectivity index (χ1n) is 10.8. The first-order chi connectivity index (χ1) is 16.0. The zero-order chi connectivity index (χ0) is 23.1. The number of hydrazone groups is 1. The lowest BCUT2D eigenvalue weighted by molar-refractivity contribution is -0.140. The summed E-state index contributed by atoms with van der Waals surface area (Å²) in [7, 11) is 1.55. The largest absolute Gasteiger partial charge is 0.493 e. The average molecular weight is 530 g/mol. The van der Waals surface area contributed by atoms with Gasteiger partial charge in [-0.1, -0.05) is 35.9 Å². The third-order valence-electron chi connectivity index (χ3n) is 6.61. The minimum absolute atomic E-state index is 0.142. The maximum atomic E-state index is 12.9. The molecule has 6 rings (SSSR count). The van der Waals surface area contributed by atoms with Crippen LogP contribution in [0.25, 0.3) is 0 Å². The van der Waals surface area contributed by atoms with Crippen molar-refractivity contribution in [3.05, 3.63) is 69.2 Å². The van der Waals surface area contributed by atoms with E-state index in [-0.39, 0.29) is 35.5 Å². The van der Waals surface area contributed by atoms with E-state index in [1.165, 1.54) is 6.21 Å². The molecular formula is C25H22BrClN2O4. The average Bonchev–Trinajstić information content (AvgIpc) is 3.10. The molecule has 0 aromatic heterocycles. The highest BCUT2D eigenvalue weighted by Gasteiger charge is 2.56. The topological polar surface area (TPSA) is 68.2 Å².